The van der Waals surface area contributed by atoms with Gasteiger partial charge in [0.1, 0.15) is 0 Å². The maximum atomic E-state index is 11.5. The zero-order chi connectivity index (χ0) is 28.6. The van der Waals surface area contributed by atoms with E-state index in [1.165, 1.54) is 21.3 Å². The molecule has 0 radical (unpaired) electrons. The molecule has 0 aliphatic heterocycles. The van der Waals surface area contributed by atoms with Crippen molar-refractivity contribution in [3.8, 4) is 0 Å². The van der Waals surface area contributed by atoms with Crippen molar-refractivity contribution in [2.45, 2.75) is 92.5 Å². The third kappa shape index (κ3) is 20.0. The van der Waals surface area contributed by atoms with Crippen LogP contribution in [0.2, 0.25) is 0 Å². The van der Waals surface area contributed by atoms with E-state index in [0.29, 0.717) is 34.7 Å². The number of hydrogen-bond acceptors (Lipinski definition) is 12. The summed E-state index contributed by atoms with van der Waals surface area (Å²) in [6.45, 7) is 0. The van der Waals surface area contributed by atoms with Gasteiger partial charge in [0, 0.05) is 36.5 Å². The zero-order valence-corrected chi connectivity index (χ0v) is 25.6. The monoisotopic (exact) mass is 606 g/mol. The van der Waals surface area contributed by atoms with Gasteiger partial charge in [0.2, 0.25) is 17.7 Å². The first kappa shape index (κ1) is 35.4. The number of rotatable bonds is 24. The molecule has 1 rings (SSSR count). The van der Waals surface area contributed by atoms with Crippen molar-refractivity contribution < 1.29 is 28.9 Å². The summed E-state index contributed by atoms with van der Waals surface area (Å²) in [5.41, 5.74) is 6.99. The molecule has 222 valence electrons. The predicted molar refractivity (Wildman–Crippen MR) is 153 cm³/mol. The summed E-state index contributed by atoms with van der Waals surface area (Å²) in [5, 5.41) is 2.12. The maximum Gasteiger partial charge on any atom is 0.243 e. The Morgan fingerprint density at radius 1 is 0.513 bits per heavy atom. The molecule has 15 heteroatoms. The van der Waals surface area contributed by atoms with Gasteiger partial charge < -0.3 is 0 Å². The van der Waals surface area contributed by atoms with Gasteiger partial charge in [-0.15, -0.1) is 0 Å². The van der Waals surface area contributed by atoms with E-state index in [4.69, 9.17) is 0 Å². The van der Waals surface area contributed by atoms with E-state index in [1.54, 1.807) is 35.3 Å². The van der Waals surface area contributed by atoms with Crippen LogP contribution >= 0.6 is 35.3 Å². The molecule has 0 aliphatic rings. The van der Waals surface area contributed by atoms with Crippen LogP contribution in [0.3, 0.4) is 0 Å². The van der Waals surface area contributed by atoms with E-state index in [1.807, 2.05) is 0 Å². The van der Waals surface area contributed by atoms with Crippen molar-refractivity contribution in [3.05, 3.63) is 0 Å². The Bertz CT molecular complexity index is 722. The van der Waals surface area contributed by atoms with E-state index in [9.17, 15) is 14.4 Å². The van der Waals surface area contributed by atoms with Gasteiger partial charge in [-0.2, -0.15) is 15.0 Å². The van der Waals surface area contributed by atoms with E-state index < -0.39 is 0 Å². The van der Waals surface area contributed by atoms with Crippen molar-refractivity contribution in [2.24, 2.45) is 0 Å². The largest absolute Gasteiger partial charge is 0.277 e. The summed E-state index contributed by atoms with van der Waals surface area (Å²) >= 11 is 4.80. The van der Waals surface area contributed by atoms with Gasteiger partial charge in [-0.1, -0.05) is 54.5 Å². The van der Waals surface area contributed by atoms with Crippen molar-refractivity contribution >= 4 is 53.0 Å². The lowest BCUT2D eigenvalue weighted by molar-refractivity contribution is -0.132. The Morgan fingerprint density at radius 3 is 1.05 bits per heavy atom. The minimum Gasteiger partial charge on any atom is -0.277 e. The summed E-state index contributed by atoms with van der Waals surface area (Å²) in [4.78, 5) is 62.2. The second-order valence-corrected chi connectivity index (χ2v) is 11.5. The number of hydroxylamine groups is 3. The number of carbonyl (C=O) groups excluding carboxylic acids is 3. The molecule has 12 nitrogen and oxygen atoms in total. The number of nitrogens with zero attached hydrogens (tertiary/aromatic N) is 3. The Hall–Kier alpha value is -1.65. The molecule has 0 bridgehead atoms. The number of nitrogens with one attached hydrogen (secondary N) is 3. The molecule has 1 aromatic heterocycles. The van der Waals surface area contributed by atoms with Crippen LogP contribution < -0.4 is 16.4 Å². The summed E-state index contributed by atoms with van der Waals surface area (Å²) in [6.07, 6.45) is 9.40. The lowest BCUT2D eigenvalue weighted by atomic mass is 10.2. The van der Waals surface area contributed by atoms with Crippen LogP contribution in [-0.4, -0.2) is 71.3 Å². The molecule has 0 fully saturated rings. The Kier molecular flexibility index (Phi) is 21.9. The second-order valence-electron chi connectivity index (χ2n) is 8.35. The van der Waals surface area contributed by atoms with Crippen LogP contribution in [0.15, 0.2) is 15.5 Å². The summed E-state index contributed by atoms with van der Waals surface area (Å²) in [7, 11) is 4.28. The van der Waals surface area contributed by atoms with E-state index in [2.05, 4.69) is 45.9 Å². The number of amides is 3. The molecule has 0 unspecified atom stereocenters. The molecular formula is C24H42N6O6S3. The molecule has 3 amide bonds. The third-order valence-corrected chi connectivity index (χ3v) is 7.86. The average Bonchev–Trinajstić information content (AvgIpc) is 2.90. The average molecular weight is 607 g/mol. The van der Waals surface area contributed by atoms with Gasteiger partial charge in [0.05, 0.1) is 21.3 Å². The molecule has 1 heterocycles. The molecule has 1 aromatic rings. The van der Waals surface area contributed by atoms with E-state index in [-0.39, 0.29) is 17.7 Å². The number of aromatic nitrogens is 3. The van der Waals surface area contributed by atoms with Gasteiger partial charge in [-0.3, -0.25) is 28.9 Å². The number of carbonyl (C=O) groups is 3. The fraction of sp³-hybridized carbons (Fsp3) is 0.750. The van der Waals surface area contributed by atoms with Crippen LogP contribution in [-0.2, 0) is 28.9 Å². The van der Waals surface area contributed by atoms with Crippen LogP contribution in [0.5, 0.6) is 0 Å². The van der Waals surface area contributed by atoms with Crippen LogP contribution in [0.25, 0.3) is 0 Å². The smallest absolute Gasteiger partial charge is 0.243 e. The highest BCUT2D eigenvalue weighted by molar-refractivity contribution is 8.00. The fourth-order valence-corrected chi connectivity index (χ4v) is 5.86. The summed E-state index contributed by atoms with van der Waals surface area (Å²) in [5.74, 6) is 2.25. The molecule has 0 aliphatic carbocycles. The maximum absolute atomic E-state index is 11.5. The Balaban J connectivity index is 2.49. The van der Waals surface area contributed by atoms with E-state index in [0.717, 1.165) is 75.0 Å². The van der Waals surface area contributed by atoms with Crippen LogP contribution in [0.1, 0.15) is 77.0 Å². The molecule has 39 heavy (non-hydrogen) atoms. The fourth-order valence-electron chi connectivity index (χ4n) is 3.19. The third-order valence-electron chi connectivity index (χ3n) is 5.06. The quantitative estimate of drug-likeness (QED) is 0.0889. The highest BCUT2D eigenvalue weighted by Gasteiger charge is 2.10. The van der Waals surface area contributed by atoms with Gasteiger partial charge >= 0.3 is 0 Å². The van der Waals surface area contributed by atoms with Crippen molar-refractivity contribution in [2.75, 3.05) is 38.6 Å². The first-order valence-corrected chi connectivity index (χ1v) is 16.0. The zero-order valence-electron chi connectivity index (χ0n) is 23.1. The lowest BCUT2D eigenvalue weighted by Gasteiger charge is -2.07. The predicted octanol–water partition coefficient (Wildman–Crippen LogP) is 3.86. The molecule has 0 saturated carbocycles. The van der Waals surface area contributed by atoms with Crippen molar-refractivity contribution in [1.82, 2.24) is 31.4 Å². The minimum absolute atomic E-state index is 0.109. The Morgan fingerprint density at radius 2 is 0.795 bits per heavy atom. The molecule has 0 aromatic carbocycles. The molecular weight excluding hydrogens is 565 g/mol. The van der Waals surface area contributed by atoms with Gasteiger partial charge in [0.25, 0.3) is 0 Å². The number of hydrogen-bond donors (Lipinski definition) is 3. The molecule has 3 N–H and O–H groups in total. The lowest BCUT2D eigenvalue weighted by Crippen LogP contribution is -2.21. The summed E-state index contributed by atoms with van der Waals surface area (Å²) in [6, 6.07) is 0. The number of unbranched alkanes of at least 4 members (excludes halogenated alkanes) is 6. The topological polar surface area (TPSA) is 154 Å². The van der Waals surface area contributed by atoms with Gasteiger partial charge in [-0.05, 0) is 38.5 Å². The standard InChI is InChI=1S/C24H42N6O6S3/c1-34-28-19(31)13-7-4-10-16-37-22-25-23(38-17-11-5-8-14-20(32)29-35-2)27-24(26-22)39-18-12-6-9-15-21(33)30-36-3/h4-18H2,1-3H3,(H,28,31)(H,29,32)(H,30,33). The Labute approximate surface area is 243 Å². The number of thioether (sulfide) groups is 3. The van der Waals surface area contributed by atoms with Crippen molar-refractivity contribution in [3.63, 3.8) is 0 Å². The highest BCUT2D eigenvalue weighted by Crippen LogP contribution is 2.25. The molecule has 0 saturated heterocycles. The van der Waals surface area contributed by atoms with Gasteiger partial charge in [-0.25, -0.2) is 16.4 Å². The SMILES string of the molecule is CONC(=O)CCCCCSc1nc(SCCCCCC(=O)NOC)nc(SCCCCCC(=O)NOC)n1. The first-order chi connectivity index (χ1) is 19.0. The van der Waals surface area contributed by atoms with Crippen LogP contribution in [0, 0.1) is 0 Å². The normalized spacial score (nSPS) is 10.8. The minimum atomic E-state index is -0.109. The highest BCUT2D eigenvalue weighted by atomic mass is 32.2. The first-order valence-electron chi connectivity index (χ1n) is 13.1. The van der Waals surface area contributed by atoms with Crippen molar-refractivity contribution in [1.29, 1.82) is 0 Å². The molecule has 0 atom stereocenters. The molecule has 0 spiro atoms. The summed E-state index contributed by atoms with van der Waals surface area (Å²) < 4.78 is 0. The van der Waals surface area contributed by atoms with Crippen LogP contribution in [0.4, 0.5) is 0 Å². The second kappa shape index (κ2) is 24.2. The van der Waals surface area contributed by atoms with Gasteiger partial charge in [0.15, 0.2) is 15.5 Å². The van der Waals surface area contributed by atoms with E-state index >= 15 is 0 Å².